The number of methoxy groups -OCH3 is 1. The Morgan fingerprint density at radius 3 is 2.60 bits per heavy atom. The Labute approximate surface area is 119 Å². The van der Waals surface area contributed by atoms with Crippen LogP contribution in [-0.4, -0.2) is 11.7 Å². The number of nitrogens with zero attached hydrogens (tertiary/aromatic N) is 2. The maximum atomic E-state index is 8.93. The molecule has 0 radical (unpaired) electrons. The van der Waals surface area contributed by atoms with Gasteiger partial charge in [-0.05, 0) is 36.2 Å². The van der Waals surface area contributed by atoms with Gasteiger partial charge in [0.2, 0.25) is 0 Å². The van der Waals surface area contributed by atoms with Gasteiger partial charge in [0, 0.05) is 25.8 Å². The van der Waals surface area contributed by atoms with Gasteiger partial charge in [0.05, 0.1) is 7.11 Å². The summed E-state index contributed by atoms with van der Waals surface area (Å²) in [6.45, 7) is 2.86. The van der Waals surface area contributed by atoms with Gasteiger partial charge in [0.15, 0.2) is 0 Å². The van der Waals surface area contributed by atoms with E-state index in [-0.39, 0.29) is 6.04 Å². The first-order chi connectivity index (χ1) is 9.63. The van der Waals surface area contributed by atoms with Crippen LogP contribution in [0.1, 0.15) is 29.8 Å². The van der Waals surface area contributed by atoms with E-state index in [0.29, 0.717) is 5.69 Å². The molecule has 0 spiro atoms. The van der Waals surface area contributed by atoms with Crippen LogP contribution in [0.2, 0.25) is 0 Å². The van der Waals surface area contributed by atoms with Crippen LogP contribution >= 0.6 is 0 Å². The lowest BCUT2D eigenvalue weighted by atomic mass is 10.1. The van der Waals surface area contributed by atoms with Gasteiger partial charge < -0.3 is 14.6 Å². The van der Waals surface area contributed by atoms with Crippen molar-refractivity contribution in [1.82, 2.24) is 9.88 Å². The number of benzene rings is 1. The molecular formula is C16H19N3O. The smallest absolute Gasteiger partial charge is 0.120 e. The fourth-order valence-electron chi connectivity index (χ4n) is 2.12. The molecule has 0 fully saturated rings. The predicted octanol–water partition coefficient (Wildman–Crippen LogP) is 2.76. The van der Waals surface area contributed by atoms with Gasteiger partial charge in [0.25, 0.3) is 0 Å². The van der Waals surface area contributed by atoms with Gasteiger partial charge >= 0.3 is 0 Å². The summed E-state index contributed by atoms with van der Waals surface area (Å²) in [5, 5.41) is 12.4. The van der Waals surface area contributed by atoms with Crippen molar-refractivity contribution in [2.24, 2.45) is 7.05 Å². The van der Waals surface area contributed by atoms with Crippen molar-refractivity contribution in [3.05, 3.63) is 53.3 Å². The summed E-state index contributed by atoms with van der Waals surface area (Å²) in [5.74, 6) is 0.864. The first-order valence-corrected chi connectivity index (χ1v) is 6.56. The van der Waals surface area contributed by atoms with Crippen molar-refractivity contribution in [3.8, 4) is 11.8 Å². The predicted molar refractivity (Wildman–Crippen MR) is 78.4 cm³/mol. The van der Waals surface area contributed by atoms with Gasteiger partial charge in [-0.3, -0.25) is 0 Å². The Hall–Kier alpha value is -2.25. The highest BCUT2D eigenvalue weighted by Gasteiger charge is 2.07. The SMILES string of the molecule is COc1ccc([C@H](C)NCc2cc(C#N)n(C)c2)cc1. The fourth-order valence-corrected chi connectivity index (χ4v) is 2.12. The van der Waals surface area contributed by atoms with Crippen molar-refractivity contribution < 1.29 is 4.74 Å². The Kier molecular flexibility index (Phi) is 4.44. The molecule has 0 saturated heterocycles. The highest BCUT2D eigenvalue weighted by molar-refractivity contribution is 5.30. The Bertz CT molecular complexity index is 608. The molecule has 0 saturated carbocycles. The number of nitrogens with one attached hydrogen (secondary N) is 1. The third-order valence-corrected chi connectivity index (χ3v) is 3.40. The Morgan fingerprint density at radius 1 is 1.35 bits per heavy atom. The second kappa shape index (κ2) is 6.27. The van der Waals surface area contributed by atoms with Crippen molar-refractivity contribution >= 4 is 0 Å². The normalized spacial score (nSPS) is 11.9. The van der Waals surface area contributed by atoms with E-state index in [1.165, 1.54) is 5.56 Å². The van der Waals surface area contributed by atoms with Crippen molar-refractivity contribution in [2.45, 2.75) is 19.5 Å². The van der Waals surface area contributed by atoms with Crippen LogP contribution < -0.4 is 10.1 Å². The Balaban J connectivity index is 1.97. The van der Waals surface area contributed by atoms with Crippen LogP contribution in [0.25, 0.3) is 0 Å². The summed E-state index contributed by atoms with van der Waals surface area (Å²) in [4.78, 5) is 0. The lowest BCUT2D eigenvalue weighted by Crippen LogP contribution is -2.17. The second-order valence-electron chi connectivity index (χ2n) is 4.83. The summed E-state index contributed by atoms with van der Waals surface area (Å²) in [6, 6.07) is 12.4. The zero-order valence-electron chi connectivity index (χ0n) is 12.1. The molecule has 0 aliphatic heterocycles. The lowest BCUT2D eigenvalue weighted by Gasteiger charge is -2.14. The quantitative estimate of drug-likeness (QED) is 0.908. The van der Waals surface area contributed by atoms with Crippen LogP contribution in [0.5, 0.6) is 5.75 Å². The fraction of sp³-hybridized carbons (Fsp3) is 0.312. The molecule has 0 aliphatic rings. The maximum absolute atomic E-state index is 8.93. The van der Waals surface area contributed by atoms with E-state index >= 15 is 0 Å². The van der Waals surface area contributed by atoms with E-state index in [1.807, 2.05) is 36.0 Å². The molecule has 0 aliphatic carbocycles. The summed E-state index contributed by atoms with van der Waals surface area (Å²) >= 11 is 0. The molecule has 1 heterocycles. The molecule has 4 nitrogen and oxygen atoms in total. The van der Waals surface area contributed by atoms with Gasteiger partial charge in [-0.2, -0.15) is 5.26 Å². The number of aryl methyl sites for hydroxylation is 1. The van der Waals surface area contributed by atoms with Crippen LogP contribution in [0, 0.1) is 11.3 Å². The van der Waals surface area contributed by atoms with Crippen LogP contribution in [0.15, 0.2) is 36.5 Å². The number of hydrogen-bond acceptors (Lipinski definition) is 3. The van der Waals surface area contributed by atoms with E-state index in [0.717, 1.165) is 17.9 Å². The van der Waals surface area contributed by atoms with Crippen molar-refractivity contribution in [2.75, 3.05) is 7.11 Å². The van der Waals surface area contributed by atoms with E-state index in [4.69, 9.17) is 10.00 Å². The van der Waals surface area contributed by atoms with Crippen LogP contribution in [0.3, 0.4) is 0 Å². The first kappa shape index (κ1) is 14.2. The largest absolute Gasteiger partial charge is 0.497 e. The highest BCUT2D eigenvalue weighted by atomic mass is 16.5. The first-order valence-electron chi connectivity index (χ1n) is 6.56. The minimum absolute atomic E-state index is 0.242. The molecule has 20 heavy (non-hydrogen) atoms. The van der Waals surface area contributed by atoms with E-state index in [9.17, 15) is 0 Å². The lowest BCUT2D eigenvalue weighted by molar-refractivity contribution is 0.414. The maximum Gasteiger partial charge on any atom is 0.120 e. The Morgan fingerprint density at radius 2 is 2.05 bits per heavy atom. The van der Waals surface area contributed by atoms with Crippen molar-refractivity contribution in [3.63, 3.8) is 0 Å². The van der Waals surface area contributed by atoms with Gasteiger partial charge in [-0.1, -0.05) is 12.1 Å². The van der Waals surface area contributed by atoms with Gasteiger partial charge in [-0.15, -0.1) is 0 Å². The average Bonchev–Trinajstić information content (AvgIpc) is 2.85. The zero-order valence-corrected chi connectivity index (χ0v) is 12.1. The minimum Gasteiger partial charge on any atom is -0.497 e. The molecule has 1 N–H and O–H groups in total. The summed E-state index contributed by atoms with van der Waals surface area (Å²) < 4.78 is 7.00. The second-order valence-corrected chi connectivity index (χ2v) is 4.83. The number of hydrogen-bond donors (Lipinski definition) is 1. The van der Waals surface area contributed by atoms with E-state index < -0.39 is 0 Å². The molecular weight excluding hydrogens is 250 g/mol. The molecule has 104 valence electrons. The molecule has 0 amide bonds. The minimum atomic E-state index is 0.242. The molecule has 0 bridgehead atoms. The molecule has 2 rings (SSSR count). The summed E-state index contributed by atoms with van der Waals surface area (Å²) in [5.41, 5.74) is 3.01. The van der Waals surface area contributed by atoms with Crippen LogP contribution in [-0.2, 0) is 13.6 Å². The van der Waals surface area contributed by atoms with E-state index in [1.54, 1.807) is 7.11 Å². The molecule has 1 atom stereocenters. The number of rotatable bonds is 5. The zero-order chi connectivity index (χ0) is 14.5. The summed E-state index contributed by atoms with van der Waals surface area (Å²) in [7, 11) is 3.55. The average molecular weight is 269 g/mol. The number of ether oxygens (including phenoxy) is 1. The standard InChI is InChI=1S/C16H19N3O/c1-12(14-4-6-16(20-3)7-5-14)18-10-13-8-15(9-17)19(2)11-13/h4-8,11-12,18H,10H2,1-3H3/t12-/m0/s1. The topological polar surface area (TPSA) is 50.0 Å². The number of aromatic nitrogens is 1. The third kappa shape index (κ3) is 3.19. The number of nitriles is 1. The molecule has 0 unspecified atom stereocenters. The molecule has 1 aromatic carbocycles. The summed E-state index contributed by atoms with van der Waals surface area (Å²) in [6.07, 6.45) is 1.98. The monoisotopic (exact) mass is 269 g/mol. The van der Waals surface area contributed by atoms with Crippen LogP contribution in [0.4, 0.5) is 0 Å². The van der Waals surface area contributed by atoms with E-state index in [2.05, 4.69) is 30.4 Å². The van der Waals surface area contributed by atoms with Gasteiger partial charge in [0.1, 0.15) is 17.5 Å². The molecule has 4 heteroatoms. The molecule has 1 aromatic heterocycles. The van der Waals surface area contributed by atoms with Gasteiger partial charge in [-0.25, -0.2) is 0 Å². The third-order valence-electron chi connectivity index (χ3n) is 3.40. The van der Waals surface area contributed by atoms with Crippen molar-refractivity contribution in [1.29, 1.82) is 5.26 Å². The highest BCUT2D eigenvalue weighted by Crippen LogP contribution is 2.18. The molecule has 2 aromatic rings.